The lowest BCUT2D eigenvalue weighted by Crippen LogP contribution is -2.43. The molecule has 1 unspecified atom stereocenters. The highest BCUT2D eigenvalue weighted by atomic mass is 32.2. The summed E-state index contributed by atoms with van der Waals surface area (Å²) in [5, 5.41) is 0. The number of nitrogens with zero attached hydrogens (tertiary/aromatic N) is 3. The number of hydrogen-bond acceptors (Lipinski definition) is 8. The maximum Gasteiger partial charge on any atom is 0.268 e. The fourth-order valence-electron chi connectivity index (χ4n) is 4.28. The fourth-order valence-corrected chi connectivity index (χ4v) is 5.33. The molecular weight excluding hydrogens is 485 g/mol. The summed E-state index contributed by atoms with van der Waals surface area (Å²) >= 11 is 0. The van der Waals surface area contributed by atoms with Gasteiger partial charge in [0.2, 0.25) is 0 Å². The number of ether oxygens (including phenoxy) is 1. The number of aromatic nitrogens is 2. The molecule has 9 nitrogen and oxygen atoms in total. The predicted molar refractivity (Wildman–Crippen MR) is 135 cm³/mol. The van der Waals surface area contributed by atoms with Gasteiger partial charge >= 0.3 is 0 Å². The van der Waals surface area contributed by atoms with Crippen LogP contribution in [0.1, 0.15) is 37.6 Å². The SMILES string of the molecule is COc1cc(-c2ccc(C(=O)NS(=O)(=O)c3cccnc3N)c(N3CCC(C)C3(C)C)n2)ccc1F. The molecule has 4 rings (SSSR count). The van der Waals surface area contributed by atoms with Gasteiger partial charge in [-0.3, -0.25) is 4.79 Å². The van der Waals surface area contributed by atoms with Crippen molar-refractivity contribution in [1.82, 2.24) is 14.7 Å². The van der Waals surface area contributed by atoms with Crippen LogP contribution < -0.4 is 20.1 Å². The van der Waals surface area contributed by atoms with Crippen molar-refractivity contribution in [3.63, 3.8) is 0 Å². The largest absolute Gasteiger partial charge is 0.494 e. The summed E-state index contributed by atoms with van der Waals surface area (Å²) in [5.74, 6) is -0.883. The topological polar surface area (TPSA) is 128 Å². The number of anilines is 2. The minimum absolute atomic E-state index is 0.0629. The van der Waals surface area contributed by atoms with Gasteiger partial charge in [-0.2, -0.15) is 0 Å². The first-order chi connectivity index (χ1) is 17.0. The highest BCUT2D eigenvalue weighted by Gasteiger charge is 2.41. The second-order valence-electron chi connectivity index (χ2n) is 9.23. The molecule has 1 aromatic carbocycles. The molecule has 3 heterocycles. The van der Waals surface area contributed by atoms with E-state index in [-0.39, 0.29) is 27.6 Å². The van der Waals surface area contributed by atoms with E-state index < -0.39 is 21.7 Å². The second kappa shape index (κ2) is 9.38. The molecule has 1 fully saturated rings. The summed E-state index contributed by atoms with van der Waals surface area (Å²) < 4.78 is 47.0. The van der Waals surface area contributed by atoms with Crippen LogP contribution in [0.5, 0.6) is 5.75 Å². The molecule has 0 spiro atoms. The molecule has 0 radical (unpaired) electrons. The zero-order valence-corrected chi connectivity index (χ0v) is 21.3. The summed E-state index contributed by atoms with van der Waals surface area (Å²) in [4.78, 5) is 23.6. The van der Waals surface area contributed by atoms with Crippen molar-refractivity contribution in [2.24, 2.45) is 5.92 Å². The van der Waals surface area contributed by atoms with E-state index in [2.05, 4.69) is 30.5 Å². The highest BCUT2D eigenvalue weighted by molar-refractivity contribution is 7.90. The van der Waals surface area contributed by atoms with E-state index in [1.54, 1.807) is 12.1 Å². The molecule has 1 aliphatic rings. The van der Waals surface area contributed by atoms with Crippen molar-refractivity contribution in [2.45, 2.75) is 37.6 Å². The Hall–Kier alpha value is -3.73. The van der Waals surface area contributed by atoms with Crippen LogP contribution in [-0.4, -0.2) is 43.5 Å². The number of sulfonamides is 1. The molecule has 1 aliphatic heterocycles. The molecule has 0 aliphatic carbocycles. The number of carbonyl (C=O) groups excluding carboxylic acids is 1. The summed E-state index contributed by atoms with van der Waals surface area (Å²) in [6.45, 7) is 6.84. The second-order valence-corrected chi connectivity index (χ2v) is 10.9. The van der Waals surface area contributed by atoms with E-state index in [0.717, 1.165) is 6.42 Å². The predicted octanol–water partition coefficient (Wildman–Crippen LogP) is 3.62. The molecule has 1 amide bonds. The zero-order chi connectivity index (χ0) is 26.3. The van der Waals surface area contributed by atoms with Gasteiger partial charge in [0.05, 0.1) is 18.4 Å². The summed E-state index contributed by atoms with van der Waals surface area (Å²) in [5.41, 5.74) is 6.52. The Kier molecular flexibility index (Phi) is 6.61. The monoisotopic (exact) mass is 513 g/mol. The van der Waals surface area contributed by atoms with Gasteiger partial charge in [0.15, 0.2) is 11.6 Å². The van der Waals surface area contributed by atoms with E-state index >= 15 is 0 Å². The number of pyridine rings is 2. The van der Waals surface area contributed by atoms with Crippen LogP contribution in [-0.2, 0) is 10.0 Å². The van der Waals surface area contributed by atoms with Crippen LogP contribution in [0.3, 0.4) is 0 Å². The Bertz CT molecular complexity index is 1430. The molecular formula is C25H28FN5O4S. The minimum Gasteiger partial charge on any atom is -0.494 e. The van der Waals surface area contributed by atoms with Crippen molar-refractivity contribution in [1.29, 1.82) is 0 Å². The average molecular weight is 514 g/mol. The Morgan fingerprint density at radius 2 is 2.00 bits per heavy atom. The first-order valence-electron chi connectivity index (χ1n) is 11.4. The van der Waals surface area contributed by atoms with Gasteiger partial charge in [0.25, 0.3) is 15.9 Å². The van der Waals surface area contributed by atoms with E-state index in [0.29, 0.717) is 29.5 Å². The summed E-state index contributed by atoms with van der Waals surface area (Å²) in [6, 6.07) is 10.2. The number of benzene rings is 1. The Morgan fingerprint density at radius 3 is 2.64 bits per heavy atom. The van der Waals surface area contributed by atoms with E-state index in [1.807, 2.05) is 4.90 Å². The number of nitrogen functional groups attached to an aromatic ring is 1. The lowest BCUT2D eigenvalue weighted by atomic mass is 9.90. The van der Waals surface area contributed by atoms with Crippen LogP contribution in [0.4, 0.5) is 16.0 Å². The van der Waals surface area contributed by atoms with Gasteiger partial charge in [-0.1, -0.05) is 6.92 Å². The van der Waals surface area contributed by atoms with E-state index in [1.165, 1.54) is 43.6 Å². The molecule has 2 aromatic heterocycles. The molecule has 3 aromatic rings. The molecule has 1 saturated heterocycles. The summed E-state index contributed by atoms with van der Waals surface area (Å²) in [7, 11) is -2.91. The first-order valence-corrected chi connectivity index (χ1v) is 12.8. The van der Waals surface area contributed by atoms with Crippen molar-refractivity contribution < 1.29 is 22.3 Å². The zero-order valence-electron chi connectivity index (χ0n) is 20.4. The van der Waals surface area contributed by atoms with Crippen LogP contribution in [0.25, 0.3) is 11.3 Å². The van der Waals surface area contributed by atoms with Gasteiger partial charge < -0.3 is 15.4 Å². The number of rotatable bonds is 6. The Morgan fingerprint density at radius 1 is 1.25 bits per heavy atom. The number of halogens is 1. The molecule has 3 N–H and O–H groups in total. The number of methoxy groups -OCH3 is 1. The maximum absolute atomic E-state index is 14.0. The standard InChI is InChI=1S/C25H28FN5O4S/c1-15-11-13-31(25(15,2)3)23-17(24(32)30-36(33,34)21-6-5-12-28-22(21)27)8-10-19(29-23)16-7-9-18(26)20(14-16)35-4/h5-10,12,14-15H,11,13H2,1-4H3,(H2,27,28)(H,30,32). The normalized spacial score (nSPS) is 17.1. The Labute approximate surface area is 209 Å². The van der Waals surface area contributed by atoms with Crippen LogP contribution >= 0.6 is 0 Å². The minimum atomic E-state index is -4.29. The van der Waals surface area contributed by atoms with Gasteiger partial charge in [0, 0.05) is 23.8 Å². The maximum atomic E-state index is 14.0. The molecule has 0 bridgehead atoms. The number of nitrogens with two attached hydrogens (primary N) is 1. The van der Waals surface area contributed by atoms with Crippen LogP contribution in [0.2, 0.25) is 0 Å². The van der Waals surface area contributed by atoms with E-state index in [9.17, 15) is 17.6 Å². The quantitative estimate of drug-likeness (QED) is 0.512. The fraction of sp³-hybridized carbons (Fsp3) is 0.320. The number of nitrogens with one attached hydrogen (secondary N) is 1. The third-order valence-electron chi connectivity index (χ3n) is 6.83. The first kappa shape index (κ1) is 25.4. The van der Waals surface area contributed by atoms with Crippen LogP contribution in [0.15, 0.2) is 53.6 Å². The molecule has 11 heteroatoms. The molecule has 190 valence electrons. The van der Waals surface area contributed by atoms with Gasteiger partial charge in [-0.05, 0) is 68.7 Å². The highest BCUT2D eigenvalue weighted by Crippen LogP contribution is 2.39. The van der Waals surface area contributed by atoms with Crippen molar-refractivity contribution in [3.8, 4) is 17.0 Å². The molecule has 0 saturated carbocycles. The molecule has 36 heavy (non-hydrogen) atoms. The third-order valence-corrected chi connectivity index (χ3v) is 8.20. The van der Waals surface area contributed by atoms with Crippen LogP contribution in [0, 0.1) is 11.7 Å². The molecule has 1 atom stereocenters. The van der Waals surface area contributed by atoms with Gasteiger partial charge in [0.1, 0.15) is 16.5 Å². The lowest BCUT2D eigenvalue weighted by Gasteiger charge is -2.36. The third kappa shape index (κ3) is 4.58. The number of carbonyl (C=O) groups is 1. The smallest absolute Gasteiger partial charge is 0.268 e. The number of amides is 1. The number of hydrogen-bond donors (Lipinski definition) is 2. The Balaban J connectivity index is 1.80. The van der Waals surface area contributed by atoms with Crippen molar-refractivity contribution in [2.75, 3.05) is 24.3 Å². The van der Waals surface area contributed by atoms with E-state index in [4.69, 9.17) is 15.5 Å². The lowest BCUT2D eigenvalue weighted by molar-refractivity contribution is 0.0981. The van der Waals surface area contributed by atoms with Gasteiger partial charge in [-0.15, -0.1) is 0 Å². The van der Waals surface area contributed by atoms with Crippen molar-refractivity contribution >= 4 is 27.6 Å². The average Bonchev–Trinajstić information content (AvgIpc) is 3.10. The van der Waals surface area contributed by atoms with Crippen molar-refractivity contribution in [3.05, 3.63) is 60.0 Å². The van der Waals surface area contributed by atoms with Gasteiger partial charge in [-0.25, -0.2) is 27.5 Å². The summed E-state index contributed by atoms with van der Waals surface area (Å²) in [6.07, 6.45) is 2.23.